The van der Waals surface area contributed by atoms with Crippen LogP contribution in [0.2, 0.25) is 5.02 Å². The van der Waals surface area contributed by atoms with Crippen molar-refractivity contribution in [2.24, 2.45) is 7.05 Å². The van der Waals surface area contributed by atoms with Crippen molar-refractivity contribution >= 4 is 45.2 Å². The van der Waals surface area contributed by atoms with Crippen LogP contribution in [0.1, 0.15) is 41.0 Å². The summed E-state index contributed by atoms with van der Waals surface area (Å²) in [6.07, 6.45) is 0.948. The molecule has 8 heteroatoms. The summed E-state index contributed by atoms with van der Waals surface area (Å²) < 4.78 is 8.20. The van der Waals surface area contributed by atoms with E-state index in [1.165, 1.54) is 0 Å². The van der Waals surface area contributed by atoms with Crippen LogP contribution >= 0.6 is 11.6 Å². The minimum absolute atomic E-state index is 0.375. The number of rotatable bonds is 6. The van der Waals surface area contributed by atoms with Crippen molar-refractivity contribution in [1.82, 2.24) is 20.1 Å². The Balaban J connectivity index is 1.33. The smallest absolute Gasteiger partial charge is 0.259 e. The Bertz CT molecular complexity index is 1580. The van der Waals surface area contributed by atoms with Crippen molar-refractivity contribution in [3.63, 3.8) is 0 Å². The number of benzene rings is 3. The van der Waals surface area contributed by atoms with Crippen molar-refractivity contribution in [3.8, 4) is 16.9 Å². The predicted molar refractivity (Wildman–Crippen MR) is 151 cm³/mol. The van der Waals surface area contributed by atoms with Crippen LogP contribution in [-0.2, 0) is 7.05 Å². The molecule has 7 nitrogen and oxygen atoms in total. The van der Waals surface area contributed by atoms with E-state index in [4.69, 9.17) is 16.3 Å². The second-order valence-corrected chi connectivity index (χ2v) is 10.9. The Morgan fingerprint density at radius 2 is 1.68 bits per heavy atom. The van der Waals surface area contributed by atoms with Crippen LogP contribution in [0, 0.1) is 0 Å². The van der Waals surface area contributed by atoms with E-state index < -0.39 is 5.91 Å². The molecule has 1 saturated heterocycles. The average Bonchev–Trinajstić information content (AvgIpc) is 3.33. The molecule has 0 saturated carbocycles. The number of halogens is 1. The van der Waals surface area contributed by atoms with Gasteiger partial charge in [0.15, 0.2) is 0 Å². The third-order valence-electron chi connectivity index (χ3n) is 7.63. The number of imide groups is 1. The summed E-state index contributed by atoms with van der Waals surface area (Å²) in [4.78, 5) is 28.4. The van der Waals surface area contributed by atoms with Crippen LogP contribution < -0.4 is 15.4 Å². The molecule has 6 rings (SSSR count). The first kappa shape index (κ1) is 24.9. The zero-order valence-electron chi connectivity index (χ0n) is 21.8. The van der Waals surface area contributed by atoms with Crippen LogP contribution in [0.5, 0.6) is 5.75 Å². The zero-order valence-corrected chi connectivity index (χ0v) is 22.6. The summed E-state index contributed by atoms with van der Waals surface area (Å²) in [6, 6.07) is 16.3. The molecule has 2 atom stereocenters. The van der Waals surface area contributed by atoms with Gasteiger partial charge in [0.2, 0.25) is 0 Å². The van der Waals surface area contributed by atoms with Gasteiger partial charge in [0, 0.05) is 66.2 Å². The summed E-state index contributed by atoms with van der Waals surface area (Å²) in [6.45, 7) is 8.21. The van der Waals surface area contributed by atoms with Gasteiger partial charge in [0.25, 0.3) is 11.8 Å². The van der Waals surface area contributed by atoms with E-state index in [-0.39, 0.29) is 5.91 Å². The maximum atomic E-state index is 13.0. The maximum absolute atomic E-state index is 13.0. The number of nitrogens with zero attached hydrogens (tertiary/aromatic N) is 2. The van der Waals surface area contributed by atoms with Gasteiger partial charge in [-0.15, -0.1) is 0 Å². The lowest BCUT2D eigenvalue weighted by Crippen LogP contribution is -2.54. The Labute approximate surface area is 226 Å². The fourth-order valence-corrected chi connectivity index (χ4v) is 6.35. The van der Waals surface area contributed by atoms with Gasteiger partial charge < -0.3 is 19.5 Å². The molecular weight excluding hydrogens is 500 g/mol. The number of ether oxygens (including phenoxy) is 1. The van der Waals surface area contributed by atoms with Gasteiger partial charge in [-0.25, -0.2) is 0 Å². The van der Waals surface area contributed by atoms with Crippen molar-refractivity contribution < 1.29 is 14.3 Å². The summed E-state index contributed by atoms with van der Waals surface area (Å²) >= 11 is 6.51. The van der Waals surface area contributed by atoms with Gasteiger partial charge in [-0.05, 0) is 50.1 Å². The minimum atomic E-state index is -0.396. The molecule has 0 bridgehead atoms. The van der Waals surface area contributed by atoms with Crippen molar-refractivity contribution in [2.45, 2.75) is 32.4 Å². The van der Waals surface area contributed by atoms with E-state index in [2.05, 4.69) is 33.9 Å². The molecule has 2 aliphatic heterocycles. The molecule has 2 amide bonds. The highest BCUT2D eigenvalue weighted by molar-refractivity contribution is 6.36. The molecule has 0 radical (unpaired) electrons. The fourth-order valence-electron chi connectivity index (χ4n) is 6.11. The fraction of sp³-hybridized carbons (Fsp3) is 0.333. The van der Waals surface area contributed by atoms with Gasteiger partial charge in [0.1, 0.15) is 5.75 Å². The van der Waals surface area contributed by atoms with Gasteiger partial charge in [-0.1, -0.05) is 29.8 Å². The first-order valence-corrected chi connectivity index (χ1v) is 13.5. The lowest BCUT2D eigenvalue weighted by atomic mass is 9.93. The van der Waals surface area contributed by atoms with E-state index in [0.717, 1.165) is 59.2 Å². The molecule has 3 aromatic carbocycles. The molecular formula is C30H31ClN4O3. The number of hydrogen-bond acceptors (Lipinski definition) is 5. The first-order valence-electron chi connectivity index (χ1n) is 13.1. The maximum Gasteiger partial charge on any atom is 0.259 e. The van der Waals surface area contributed by atoms with Crippen LogP contribution in [0.4, 0.5) is 0 Å². The Morgan fingerprint density at radius 3 is 2.45 bits per heavy atom. The van der Waals surface area contributed by atoms with Crippen molar-refractivity contribution in [2.75, 3.05) is 26.2 Å². The molecule has 1 aromatic heterocycles. The average molecular weight is 531 g/mol. The van der Waals surface area contributed by atoms with Crippen LogP contribution in [0.15, 0.2) is 48.5 Å². The van der Waals surface area contributed by atoms with Gasteiger partial charge >= 0.3 is 0 Å². The lowest BCUT2D eigenvalue weighted by Gasteiger charge is -2.36. The highest BCUT2D eigenvalue weighted by atomic mass is 35.5. The molecule has 2 aliphatic rings. The molecule has 3 heterocycles. The van der Waals surface area contributed by atoms with Gasteiger partial charge in [-0.2, -0.15) is 0 Å². The number of hydrogen-bond donors (Lipinski definition) is 2. The molecule has 1 fully saturated rings. The van der Waals surface area contributed by atoms with Crippen LogP contribution in [-0.4, -0.2) is 59.6 Å². The van der Waals surface area contributed by atoms with E-state index in [0.29, 0.717) is 40.4 Å². The number of fused-ring (bicyclic) bond motifs is 5. The molecule has 0 spiro atoms. The SMILES string of the molecule is C[C@@H]1CN(CCCOc2ccc3c4c5c(c(-c6ccccc6Cl)cc4n(C)c3c2)C(=O)NC5=O)C[C@H](C)N1. The third kappa shape index (κ3) is 4.25. The zero-order chi connectivity index (χ0) is 26.6. The first-order chi connectivity index (χ1) is 18.3. The van der Waals surface area contributed by atoms with E-state index >= 15 is 0 Å². The van der Waals surface area contributed by atoms with Crippen molar-refractivity contribution in [1.29, 1.82) is 0 Å². The number of piperazine rings is 1. The third-order valence-corrected chi connectivity index (χ3v) is 7.96. The van der Waals surface area contributed by atoms with Gasteiger partial charge in [-0.3, -0.25) is 14.9 Å². The summed E-state index contributed by atoms with van der Waals surface area (Å²) in [5.41, 5.74) is 3.95. The summed E-state index contributed by atoms with van der Waals surface area (Å²) in [7, 11) is 1.97. The minimum Gasteiger partial charge on any atom is -0.493 e. The standard InChI is InChI=1S/C30H31ClN4O3/c1-17-15-35(16-18(2)32-17)11-6-12-38-19-9-10-21-24(13-19)34(3)25-14-22(20-7-4-5-8-23(20)31)27-28(26(21)25)30(37)33-29(27)36/h4-5,7-10,13-14,17-18,32H,6,11-12,15-16H2,1-3H3,(H,33,36,37)/t17-,18+. The number of carbonyl (C=O) groups excluding carboxylic acids is 2. The Kier molecular flexibility index (Phi) is 6.38. The highest BCUT2D eigenvalue weighted by Gasteiger charge is 2.34. The van der Waals surface area contributed by atoms with E-state index in [1.807, 2.05) is 49.5 Å². The molecule has 0 aliphatic carbocycles. The van der Waals surface area contributed by atoms with Crippen LogP contribution in [0.3, 0.4) is 0 Å². The number of aromatic nitrogens is 1. The second kappa shape index (κ2) is 9.73. The Hall–Kier alpha value is -3.39. The van der Waals surface area contributed by atoms with Gasteiger partial charge in [0.05, 0.1) is 28.8 Å². The summed E-state index contributed by atoms with van der Waals surface area (Å²) in [5, 5.41) is 8.27. The second-order valence-electron chi connectivity index (χ2n) is 10.5. The molecule has 4 aromatic rings. The van der Waals surface area contributed by atoms with Crippen molar-refractivity contribution in [3.05, 3.63) is 64.7 Å². The quantitative estimate of drug-likeness (QED) is 0.271. The normalized spacial score (nSPS) is 19.8. The lowest BCUT2D eigenvalue weighted by molar-refractivity contribution is 0.0880. The number of aryl methyl sites for hydroxylation is 1. The number of nitrogens with one attached hydrogen (secondary N) is 2. The summed E-state index contributed by atoms with van der Waals surface area (Å²) in [5.74, 6) is 0.00860. The molecule has 0 unspecified atom stereocenters. The highest BCUT2D eigenvalue weighted by Crippen LogP contribution is 2.42. The molecule has 196 valence electrons. The predicted octanol–water partition coefficient (Wildman–Crippen LogP) is 4.99. The van der Waals surface area contributed by atoms with E-state index in [9.17, 15) is 9.59 Å². The topological polar surface area (TPSA) is 75.6 Å². The molecule has 2 N–H and O–H groups in total. The number of amides is 2. The largest absolute Gasteiger partial charge is 0.493 e. The molecule has 38 heavy (non-hydrogen) atoms. The monoisotopic (exact) mass is 530 g/mol. The van der Waals surface area contributed by atoms with Crippen LogP contribution in [0.25, 0.3) is 32.9 Å². The number of carbonyl (C=O) groups is 2. The Morgan fingerprint density at radius 1 is 0.947 bits per heavy atom. The van der Waals surface area contributed by atoms with E-state index in [1.54, 1.807) is 6.07 Å².